The van der Waals surface area contributed by atoms with E-state index in [4.69, 9.17) is 18.9 Å². The summed E-state index contributed by atoms with van der Waals surface area (Å²) in [5.74, 6) is 2.66. The third-order valence-corrected chi connectivity index (χ3v) is 4.15. The van der Waals surface area contributed by atoms with E-state index in [0.717, 1.165) is 22.6 Å². The van der Waals surface area contributed by atoms with Crippen molar-refractivity contribution in [3.05, 3.63) is 53.6 Å². The lowest BCUT2D eigenvalue weighted by Crippen LogP contribution is -2.23. The van der Waals surface area contributed by atoms with E-state index in [2.05, 4.69) is 5.32 Å². The Hall–Kier alpha value is -3.15. The highest BCUT2D eigenvalue weighted by atomic mass is 16.6. The average molecular weight is 369 g/mol. The van der Waals surface area contributed by atoms with Crippen LogP contribution in [0.3, 0.4) is 0 Å². The molecule has 1 heterocycles. The molecule has 1 aliphatic rings. The summed E-state index contributed by atoms with van der Waals surface area (Å²) >= 11 is 0. The molecule has 6 heteroatoms. The molecular weight excluding hydrogens is 346 g/mol. The molecule has 0 spiro atoms. The van der Waals surface area contributed by atoms with Crippen LogP contribution in [0.1, 0.15) is 11.1 Å². The van der Waals surface area contributed by atoms with Gasteiger partial charge in [0, 0.05) is 12.6 Å². The van der Waals surface area contributed by atoms with Crippen molar-refractivity contribution in [3.63, 3.8) is 0 Å². The molecule has 0 saturated heterocycles. The number of benzene rings is 2. The van der Waals surface area contributed by atoms with Crippen molar-refractivity contribution >= 4 is 12.0 Å². The molecule has 1 N–H and O–H groups in total. The lowest BCUT2D eigenvalue weighted by molar-refractivity contribution is -0.116. The quantitative estimate of drug-likeness (QED) is 0.761. The van der Waals surface area contributed by atoms with Crippen LogP contribution in [0, 0.1) is 0 Å². The smallest absolute Gasteiger partial charge is 0.244 e. The van der Waals surface area contributed by atoms with E-state index in [1.807, 2.05) is 30.3 Å². The fraction of sp³-hybridized carbons (Fsp3) is 0.286. The predicted molar refractivity (Wildman–Crippen MR) is 103 cm³/mol. The summed E-state index contributed by atoms with van der Waals surface area (Å²) in [6.07, 6.45) is 3.96. The zero-order chi connectivity index (χ0) is 19.1. The van der Waals surface area contributed by atoms with E-state index in [1.165, 1.54) is 6.08 Å². The van der Waals surface area contributed by atoms with Crippen molar-refractivity contribution in [2.45, 2.75) is 6.42 Å². The van der Waals surface area contributed by atoms with Gasteiger partial charge in [0.15, 0.2) is 23.0 Å². The van der Waals surface area contributed by atoms with Crippen LogP contribution in [0.4, 0.5) is 0 Å². The maximum absolute atomic E-state index is 12.0. The highest BCUT2D eigenvalue weighted by Gasteiger charge is 2.11. The van der Waals surface area contributed by atoms with Crippen LogP contribution < -0.4 is 24.3 Å². The fourth-order valence-electron chi connectivity index (χ4n) is 2.76. The zero-order valence-corrected chi connectivity index (χ0v) is 15.5. The molecule has 0 aromatic heterocycles. The number of ether oxygens (including phenoxy) is 4. The second-order valence-corrected chi connectivity index (χ2v) is 5.97. The number of methoxy groups -OCH3 is 2. The van der Waals surface area contributed by atoms with Gasteiger partial charge in [0.05, 0.1) is 14.2 Å². The number of fused-ring (bicyclic) bond motifs is 1. The van der Waals surface area contributed by atoms with E-state index in [9.17, 15) is 4.79 Å². The molecule has 0 radical (unpaired) electrons. The van der Waals surface area contributed by atoms with Gasteiger partial charge in [-0.15, -0.1) is 0 Å². The van der Waals surface area contributed by atoms with Gasteiger partial charge in [-0.1, -0.05) is 12.1 Å². The van der Waals surface area contributed by atoms with E-state index in [-0.39, 0.29) is 5.91 Å². The molecule has 0 bridgehead atoms. The highest BCUT2D eigenvalue weighted by molar-refractivity contribution is 5.91. The molecule has 0 aliphatic carbocycles. The first kappa shape index (κ1) is 18.6. The minimum Gasteiger partial charge on any atom is -0.493 e. The van der Waals surface area contributed by atoms with Crippen LogP contribution in [-0.2, 0) is 11.2 Å². The van der Waals surface area contributed by atoms with E-state index < -0.39 is 0 Å². The van der Waals surface area contributed by atoms with Gasteiger partial charge in [-0.05, 0) is 47.9 Å². The second kappa shape index (κ2) is 8.98. The molecule has 0 fully saturated rings. The molecule has 1 amide bonds. The topological polar surface area (TPSA) is 66.0 Å². The van der Waals surface area contributed by atoms with Crippen molar-refractivity contribution in [3.8, 4) is 23.0 Å². The number of carbonyl (C=O) groups excluding carboxylic acids is 1. The van der Waals surface area contributed by atoms with Crippen LogP contribution in [0.2, 0.25) is 0 Å². The van der Waals surface area contributed by atoms with Crippen LogP contribution in [-0.4, -0.2) is 39.9 Å². The summed E-state index contributed by atoms with van der Waals surface area (Å²) < 4.78 is 21.5. The van der Waals surface area contributed by atoms with Crippen molar-refractivity contribution in [1.29, 1.82) is 0 Å². The summed E-state index contributed by atoms with van der Waals surface area (Å²) in [7, 11) is 3.17. The summed E-state index contributed by atoms with van der Waals surface area (Å²) in [5, 5.41) is 2.88. The molecule has 0 atom stereocenters. The Morgan fingerprint density at radius 1 is 1.04 bits per heavy atom. The van der Waals surface area contributed by atoms with Crippen molar-refractivity contribution in [2.75, 3.05) is 34.0 Å². The summed E-state index contributed by atoms with van der Waals surface area (Å²) in [6.45, 7) is 1.68. The highest BCUT2D eigenvalue weighted by Crippen LogP contribution is 2.31. The van der Waals surface area contributed by atoms with Crippen molar-refractivity contribution in [1.82, 2.24) is 5.32 Å². The lowest BCUT2D eigenvalue weighted by Gasteiger charge is -2.18. The van der Waals surface area contributed by atoms with Gasteiger partial charge in [-0.2, -0.15) is 0 Å². The Labute approximate surface area is 158 Å². The maximum atomic E-state index is 12.0. The minimum absolute atomic E-state index is 0.151. The monoisotopic (exact) mass is 369 g/mol. The Morgan fingerprint density at radius 2 is 1.81 bits per heavy atom. The molecule has 0 unspecified atom stereocenters. The van der Waals surface area contributed by atoms with Gasteiger partial charge < -0.3 is 24.3 Å². The molecular formula is C21H23NO5. The first-order valence-electron chi connectivity index (χ1n) is 8.76. The molecule has 1 aliphatic heterocycles. The third kappa shape index (κ3) is 4.94. The first-order chi connectivity index (χ1) is 13.2. The Kier molecular flexibility index (Phi) is 6.20. The van der Waals surface area contributed by atoms with Gasteiger partial charge in [-0.25, -0.2) is 0 Å². The Balaban J connectivity index is 1.50. The SMILES string of the molecule is COc1ccc(/C=C/C(=O)NCCc2ccc3c(c2)OCCO3)cc1OC. The maximum Gasteiger partial charge on any atom is 0.244 e. The van der Waals surface area contributed by atoms with Gasteiger partial charge >= 0.3 is 0 Å². The molecule has 142 valence electrons. The Bertz CT molecular complexity index is 831. The van der Waals surface area contributed by atoms with Crippen molar-refractivity contribution in [2.24, 2.45) is 0 Å². The number of amides is 1. The minimum atomic E-state index is -0.151. The van der Waals surface area contributed by atoms with Crippen LogP contribution in [0.15, 0.2) is 42.5 Å². The zero-order valence-electron chi connectivity index (χ0n) is 15.5. The molecule has 0 saturated carbocycles. The molecule has 27 heavy (non-hydrogen) atoms. The Morgan fingerprint density at radius 3 is 2.59 bits per heavy atom. The number of rotatable bonds is 7. The van der Waals surface area contributed by atoms with Gasteiger partial charge in [0.2, 0.25) is 5.91 Å². The van der Waals surface area contributed by atoms with Gasteiger partial charge in [0.1, 0.15) is 13.2 Å². The van der Waals surface area contributed by atoms with E-state index in [1.54, 1.807) is 26.4 Å². The normalized spacial score (nSPS) is 12.7. The van der Waals surface area contributed by atoms with Crippen molar-refractivity contribution < 1.29 is 23.7 Å². The lowest BCUT2D eigenvalue weighted by atomic mass is 10.1. The number of hydrogen-bond donors (Lipinski definition) is 1. The predicted octanol–water partition coefficient (Wildman–Crippen LogP) is 2.85. The summed E-state index contributed by atoms with van der Waals surface area (Å²) in [5.41, 5.74) is 1.94. The molecule has 6 nitrogen and oxygen atoms in total. The molecule has 2 aromatic rings. The fourth-order valence-corrected chi connectivity index (χ4v) is 2.76. The van der Waals surface area contributed by atoms with Crippen LogP contribution >= 0.6 is 0 Å². The summed E-state index contributed by atoms with van der Waals surface area (Å²) in [4.78, 5) is 12.0. The number of nitrogens with one attached hydrogen (secondary N) is 1. The second-order valence-electron chi connectivity index (χ2n) is 5.97. The van der Waals surface area contributed by atoms with Gasteiger partial charge in [0.25, 0.3) is 0 Å². The molecule has 3 rings (SSSR count). The van der Waals surface area contributed by atoms with Gasteiger partial charge in [-0.3, -0.25) is 4.79 Å². The number of hydrogen-bond acceptors (Lipinski definition) is 5. The van der Waals surface area contributed by atoms with Crippen LogP contribution in [0.25, 0.3) is 6.08 Å². The van der Waals surface area contributed by atoms with Crippen LogP contribution in [0.5, 0.6) is 23.0 Å². The summed E-state index contributed by atoms with van der Waals surface area (Å²) in [6, 6.07) is 11.3. The largest absolute Gasteiger partial charge is 0.493 e. The number of carbonyl (C=O) groups is 1. The average Bonchev–Trinajstić information content (AvgIpc) is 2.72. The van der Waals surface area contributed by atoms with E-state index in [0.29, 0.717) is 37.7 Å². The van der Waals surface area contributed by atoms with E-state index >= 15 is 0 Å². The first-order valence-corrected chi connectivity index (χ1v) is 8.76. The molecule has 2 aromatic carbocycles. The standard InChI is InChI=1S/C21H23NO5/c1-24-17-6-3-15(13-19(17)25-2)5-8-21(23)22-10-9-16-4-7-18-20(14-16)27-12-11-26-18/h3-8,13-14H,9-12H2,1-2H3,(H,22,23)/b8-5+. The third-order valence-electron chi connectivity index (χ3n) is 4.15.